The lowest BCUT2D eigenvalue weighted by molar-refractivity contribution is -0.121. The summed E-state index contributed by atoms with van der Waals surface area (Å²) in [5.74, 6) is -0.343. The fourth-order valence-corrected chi connectivity index (χ4v) is 3.98. The maximum atomic E-state index is 12.5. The van der Waals surface area contributed by atoms with Crippen LogP contribution in [0.2, 0.25) is 0 Å². The zero-order valence-electron chi connectivity index (χ0n) is 15.4. The zero-order valence-corrected chi connectivity index (χ0v) is 17.0. The van der Waals surface area contributed by atoms with Crippen LogP contribution in [0, 0.1) is 6.92 Å². The Hall–Kier alpha value is -1.83. The van der Waals surface area contributed by atoms with Crippen molar-refractivity contribution in [3.63, 3.8) is 0 Å². The minimum Gasteiger partial charge on any atom is -0.348 e. The highest BCUT2D eigenvalue weighted by Crippen LogP contribution is 2.19. The van der Waals surface area contributed by atoms with E-state index in [1.165, 1.54) is 7.05 Å². The molecule has 0 aliphatic carbocycles. The number of likely N-dealkylation sites (N-methyl/N-ethyl adjacent to an activating group) is 1. The van der Waals surface area contributed by atoms with E-state index in [9.17, 15) is 13.2 Å². The molecular weight excluding hydrogens is 368 g/mol. The fraction of sp³-hybridized carbons (Fsp3) is 0.316. The molecule has 5 nitrogen and oxygen atoms in total. The Labute approximate surface area is 159 Å². The van der Waals surface area contributed by atoms with E-state index in [0.717, 1.165) is 20.3 Å². The third kappa shape index (κ3) is 5.09. The molecule has 0 fully saturated rings. The van der Waals surface area contributed by atoms with Gasteiger partial charge in [-0.15, -0.1) is 11.8 Å². The first-order chi connectivity index (χ1) is 12.2. The first kappa shape index (κ1) is 20.5. The summed E-state index contributed by atoms with van der Waals surface area (Å²) in [5.41, 5.74) is 1.95. The molecule has 1 N–H and O–H groups in total. The Morgan fingerprint density at radius 2 is 1.69 bits per heavy atom. The van der Waals surface area contributed by atoms with Crippen LogP contribution < -0.4 is 5.32 Å². The molecule has 0 saturated carbocycles. The number of carbonyl (C=O) groups excluding carboxylic acids is 1. The van der Waals surface area contributed by atoms with E-state index in [-0.39, 0.29) is 23.4 Å². The van der Waals surface area contributed by atoms with Crippen LogP contribution in [0.1, 0.15) is 24.1 Å². The quantitative estimate of drug-likeness (QED) is 0.735. The van der Waals surface area contributed by atoms with Crippen LogP contribution in [0.4, 0.5) is 0 Å². The number of nitrogens with zero attached hydrogens (tertiary/aromatic N) is 1. The Balaban J connectivity index is 2.00. The molecule has 0 bridgehead atoms. The standard InChI is InChI=1S/C19H24N2O3S2/c1-14-5-11-18(12-6-14)26(23,24)21(3)13-19(22)20-15(2)16-7-9-17(25-4)10-8-16/h5-12,15H,13H2,1-4H3,(H,20,22)/t15-/m0/s1. The number of sulfonamides is 1. The summed E-state index contributed by atoms with van der Waals surface area (Å²) in [6.45, 7) is 3.53. The second-order valence-electron chi connectivity index (χ2n) is 6.14. The molecule has 0 unspecified atom stereocenters. The lowest BCUT2D eigenvalue weighted by Gasteiger charge is -2.19. The Morgan fingerprint density at radius 3 is 2.23 bits per heavy atom. The fourth-order valence-electron chi connectivity index (χ4n) is 2.44. The SMILES string of the molecule is CSc1ccc([C@H](C)NC(=O)CN(C)S(=O)(=O)c2ccc(C)cc2)cc1. The number of hydrogen-bond acceptors (Lipinski definition) is 4. The number of aryl methyl sites for hydroxylation is 1. The van der Waals surface area contributed by atoms with Gasteiger partial charge < -0.3 is 5.32 Å². The van der Waals surface area contributed by atoms with Gasteiger partial charge in [-0.05, 0) is 49.9 Å². The van der Waals surface area contributed by atoms with Crippen molar-refractivity contribution in [2.24, 2.45) is 0 Å². The maximum Gasteiger partial charge on any atom is 0.243 e. The molecule has 0 saturated heterocycles. The highest BCUT2D eigenvalue weighted by molar-refractivity contribution is 7.98. The molecule has 0 spiro atoms. The van der Waals surface area contributed by atoms with Crippen molar-refractivity contribution in [3.05, 3.63) is 59.7 Å². The highest BCUT2D eigenvalue weighted by Gasteiger charge is 2.23. The lowest BCUT2D eigenvalue weighted by atomic mass is 10.1. The first-order valence-electron chi connectivity index (χ1n) is 8.20. The second kappa shape index (κ2) is 8.70. The van der Waals surface area contributed by atoms with Gasteiger partial charge in [-0.3, -0.25) is 4.79 Å². The van der Waals surface area contributed by atoms with E-state index >= 15 is 0 Å². The number of rotatable bonds is 7. The second-order valence-corrected chi connectivity index (χ2v) is 9.06. The minimum absolute atomic E-state index is 0.180. The van der Waals surface area contributed by atoms with Gasteiger partial charge in [0.25, 0.3) is 0 Å². The van der Waals surface area contributed by atoms with Gasteiger partial charge >= 0.3 is 0 Å². The van der Waals surface area contributed by atoms with Crippen molar-refractivity contribution < 1.29 is 13.2 Å². The van der Waals surface area contributed by atoms with E-state index in [1.807, 2.05) is 44.4 Å². The molecule has 0 aromatic heterocycles. The number of benzene rings is 2. The molecule has 2 aromatic carbocycles. The zero-order chi connectivity index (χ0) is 19.3. The number of carbonyl (C=O) groups is 1. The van der Waals surface area contributed by atoms with Crippen LogP contribution in [-0.2, 0) is 14.8 Å². The molecule has 1 atom stereocenters. The lowest BCUT2D eigenvalue weighted by Crippen LogP contribution is -2.39. The maximum absolute atomic E-state index is 12.5. The molecule has 26 heavy (non-hydrogen) atoms. The van der Waals surface area contributed by atoms with E-state index in [2.05, 4.69) is 5.32 Å². The molecule has 2 rings (SSSR count). The van der Waals surface area contributed by atoms with Gasteiger partial charge in [0.05, 0.1) is 17.5 Å². The largest absolute Gasteiger partial charge is 0.348 e. The summed E-state index contributed by atoms with van der Waals surface area (Å²) in [5, 5.41) is 2.85. The summed E-state index contributed by atoms with van der Waals surface area (Å²) in [4.78, 5) is 13.6. The minimum atomic E-state index is -3.69. The van der Waals surface area contributed by atoms with E-state index in [0.29, 0.717) is 0 Å². The summed E-state index contributed by atoms with van der Waals surface area (Å²) in [6, 6.07) is 14.3. The molecule has 2 aromatic rings. The van der Waals surface area contributed by atoms with E-state index < -0.39 is 10.0 Å². The molecule has 7 heteroatoms. The summed E-state index contributed by atoms with van der Waals surface area (Å²) >= 11 is 1.65. The van der Waals surface area contributed by atoms with Crippen molar-refractivity contribution in [2.45, 2.75) is 29.7 Å². The van der Waals surface area contributed by atoms with Crippen molar-refractivity contribution in [1.82, 2.24) is 9.62 Å². The van der Waals surface area contributed by atoms with Crippen LogP contribution in [-0.4, -0.2) is 38.5 Å². The molecule has 140 valence electrons. The topological polar surface area (TPSA) is 66.5 Å². The van der Waals surface area contributed by atoms with Gasteiger partial charge in [0.1, 0.15) is 0 Å². The average molecular weight is 393 g/mol. The van der Waals surface area contributed by atoms with E-state index in [1.54, 1.807) is 36.0 Å². The third-order valence-electron chi connectivity index (χ3n) is 4.09. The molecule has 0 radical (unpaired) electrons. The first-order valence-corrected chi connectivity index (χ1v) is 10.9. The number of amides is 1. The van der Waals surface area contributed by atoms with Crippen LogP contribution >= 0.6 is 11.8 Å². The Bertz CT molecular complexity index is 847. The van der Waals surface area contributed by atoms with Crippen LogP contribution in [0.5, 0.6) is 0 Å². The number of thioether (sulfide) groups is 1. The summed E-state index contributed by atoms with van der Waals surface area (Å²) in [7, 11) is -2.28. The normalized spacial score (nSPS) is 12.8. The monoisotopic (exact) mass is 392 g/mol. The number of nitrogens with one attached hydrogen (secondary N) is 1. The Morgan fingerprint density at radius 1 is 1.12 bits per heavy atom. The predicted molar refractivity (Wildman–Crippen MR) is 106 cm³/mol. The van der Waals surface area contributed by atoms with Crippen molar-refractivity contribution in [1.29, 1.82) is 0 Å². The number of hydrogen-bond donors (Lipinski definition) is 1. The molecule has 0 heterocycles. The van der Waals surface area contributed by atoms with Crippen LogP contribution in [0.3, 0.4) is 0 Å². The highest BCUT2D eigenvalue weighted by atomic mass is 32.2. The van der Waals surface area contributed by atoms with Crippen molar-refractivity contribution >= 4 is 27.7 Å². The smallest absolute Gasteiger partial charge is 0.243 e. The van der Waals surface area contributed by atoms with Gasteiger partial charge in [-0.1, -0.05) is 29.8 Å². The molecule has 0 aliphatic rings. The molecular formula is C19H24N2O3S2. The molecule has 1 amide bonds. The summed E-state index contributed by atoms with van der Waals surface area (Å²) in [6.07, 6.45) is 2.00. The van der Waals surface area contributed by atoms with Gasteiger partial charge in [-0.2, -0.15) is 4.31 Å². The average Bonchev–Trinajstić information content (AvgIpc) is 2.61. The van der Waals surface area contributed by atoms with Gasteiger partial charge in [-0.25, -0.2) is 8.42 Å². The van der Waals surface area contributed by atoms with Crippen LogP contribution in [0.25, 0.3) is 0 Å². The summed E-state index contributed by atoms with van der Waals surface area (Å²) < 4.78 is 26.2. The van der Waals surface area contributed by atoms with Crippen molar-refractivity contribution in [3.8, 4) is 0 Å². The predicted octanol–water partition coefficient (Wildman–Crippen LogP) is 3.21. The molecule has 0 aliphatic heterocycles. The van der Waals surface area contributed by atoms with E-state index in [4.69, 9.17) is 0 Å². The Kier molecular flexibility index (Phi) is 6.86. The van der Waals surface area contributed by atoms with Crippen molar-refractivity contribution in [2.75, 3.05) is 19.8 Å². The third-order valence-corrected chi connectivity index (χ3v) is 6.65. The van der Waals surface area contributed by atoms with Crippen LogP contribution in [0.15, 0.2) is 58.3 Å². The van der Waals surface area contributed by atoms with Gasteiger partial charge in [0, 0.05) is 11.9 Å². The van der Waals surface area contributed by atoms with Gasteiger partial charge in [0.2, 0.25) is 15.9 Å². The van der Waals surface area contributed by atoms with Gasteiger partial charge in [0.15, 0.2) is 0 Å².